The van der Waals surface area contributed by atoms with Crippen molar-refractivity contribution in [1.82, 2.24) is 5.32 Å². The highest BCUT2D eigenvalue weighted by molar-refractivity contribution is 9.10. The summed E-state index contributed by atoms with van der Waals surface area (Å²) in [7, 11) is 0. The lowest BCUT2D eigenvalue weighted by Crippen LogP contribution is -2.40. The highest BCUT2D eigenvalue weighted by Crippen LogP contribution is 2.24. The van der Waals surface area contributed by atoms with Gasteiger partial charge in [0.05, 0.1) is 22.4 Å². The molecule has 0 radical (unpaired) electrons. The molecule has 0 amide bonds. The van der Waals surface area contributed by atoms with Crippen LogP contribution in [0.1, 0.15) is 25.6 Å². The second-order valence-corrected chi connectivity index (χ2v) is 5.89. The molecule has 0 aromatic carbocycles. The van der Waals surface area contributed by atoms with Crippen LogP contribution in [0.25, 0.3) is 0 Å². The van der Waals surface area contributed by atoms with Crippen molar-refractivity contribution in [3.05, 3.63) is 22.6 Å². The zero-order valence-corrected chi connectivity index (χ0v) is 12.2. The SMILES string of the molecule is CSCC(C)(O)CNC(C)c1occc1Br. The first-order valence-corrected chi connectivity index (χ1v) is 7.32. The average Bonchev–Trinajstić information content (AvgIpc) is 2.61. The van der Waals surface area contributed by atoms with Crippen LogP contribution in [-0.2, 0) is 0 Å². The Morgan fingerprint density at radius 3 is 2.88 bits per heavy atom. The fraction of sp³-hybridized carbons (Fsp3) is 0.636. The molecule has 0 saturated carbocycles. The summed E-state index contributed by atoms with van der Waals surface area (Å²) < 4.78 is 6.31. The number of rotatable bonds is 6. The van der Waals surface area contributed by atoms with Gasteiger partial charge >= 0.3 is 0 Å². The third-order valence-electron chi connectivity index (χ3n) is 2.28. The summed E-state index contributed by atoms with van der Waals surface area (Å²) in [4.78, 5) is 0. The van der Waals surface area contributed by atoms with Crippen LogP contribution < -0.4 is 5.32 Å². The maximum atomic E-state index is 10.0. The number of halogens is 1. The van der Waals surface area contributed by atoms with Crippen LogP contribution in [0.5, 0.6) is 0 Å². The molecule has 2 unspecified atom stereocenters. The molecule has 0 fully saturated rings. The molecule has 1 heterocycles. The van der Waals surface area contributed by atoms with Gasteiger partial charge in [0.25, 0.3) is 0 Å². The second kappa shape index (κ2) is 6.10. The van der Waals surface area contributed by atoms with E-state index in [4.69, 9.17) is 4.42 Å². The maximum absolute atomic E-state index is 10.0. The van der Waals surface area contributed by atoms with Gasteiger partial charge in [0.1, 0.15) is 5.76 Å². The molecular formula is C11H18BrNO2S. The third-order valence-corrected chi connectivity index (χ3v) is 3.85. The minimum absolute atomic E-state index is 0.0812. The van der Waals surface area contributed by atoms with Crippen molar-refractivity contribution in [3.8, 4) is 0 Å². The molecule has 0 saturated heterocycles. The quantitative estimate of drug-likeness (QED) is 0.848. The van der Waals surface area contributed by atoms with E-state index >= 15 is 0 Å². The van der Waals surface area contributed by atoms with Gasteiger partial charge in [-0.25, -0.2) is 0 Å². The number of hydrogen-bond donors (Lipinski definition) is 2. The molecule has 5 heteroatoms. The Balaban J connectivity index is 2.47. The zero-order valence-electron chi connectivity index (χ0n) is 9.79. The summed E-state index contributed by atoms with van der Waals surface area (Å²) in [6.45, 7) is 4.39. The number of thioether (sulfide) groups is 1. The fourth-order valence-corrected chi connectivity index (χ4v) is 2.71. The summed E-state index contributed by atoms with van der Waals surface area (Å²) in [5.74, 6) is 1.58. The molecule has 92 valence electrons. The highest BCUT2D eigenvalue weighted by atomic mass is 79.9. The van der Waals surface area contributed by atoms with Crippen LogP contribution in [-0.4, -0.2) is 29.3 Å². The molecule has 0 aliphatic heterocycles. The van der Waals surface area contributed by atoms with Crippen LogP contribution in [0, 0.1) is 0 Å². The lowest BCUT2D eigenvalue weighted by Gasteiger charge is -2.24. The summed E-state index contributed by atoms with van der Waals surface area (Å²) in [6.07, 6.45) is 3.64. The molecule has 1 aromatic rings. The molecular weight excluding hydrogens is 290 g/mol. The summed E-state index contributed by atoms with van der Waals surface area (Å²) in [6, 6.07) is 1.95. The van der Waals surface area contributed by atoms with E-state index < -0.39 is 5.60 Å². The van der Waals surface area contributed by atoms with Crippen molar-refractivity contribution >= 4 is 27.7 Å². The van der Waals surface area contributed by atoms with E-state index in [-0.39, 0.29) is 6.04 Å². The smallest absolute Gasteiger partial charge is 0.134 e. The van der Waals surface area contributed by atoms with Crippen LogP contribution in [0.3, 0.4) is 0 Å². The minimum Gasteiger partial charge on any atom is -0.466 e. The molecule has 3 nitrogen and oxygen atoms in total. The van der Waals surface area contributed by atoms with E-state index in [9.17, 15) is 5.11 Å². The summed E-state index contributed by atoms with van der Waals surface area (Å²) >= 11 is 5.06. The van der Waals surface area contributed by atoms with E-state index in [1.807, 2.05) is 26.2 Å². The standard InChI is InChI=1S/C11H18BrNO2S/c1-8(10-9(12)4-5-15-10)13-6-11(2,14)7-16-3/h4-5,8,13-14H,6-7H2,1-3H3. The van der Waals surface area contributed by atoms with Crippen molar-refractivity contribution in [3.63, 3.8) is 0 Å². The molecule has 1 aromatic heterocycles. The van der Waals surface area contributed by atoms with Gasteiger partial charge in [0.15, 0.2) is 0 Å². The Bertz CT molecular complexity index is 328. The van der Waals surface area contributed by atoms with E-state index in [0.717, 1.165) is 10.2 Å². The van der Waals surface area contributed by atoms with Crippen molar-refractivity contribution in [2.75, 3.05) is 18.6 Å². The van der Waals surface area contributed by atoms with Gasteiger partial charge in [-0.15, -0.1) is 0 Å². The van der Waals surface area contributed by atoms with Crippen LogP contribution in [0.2, 0.25) is 0 Å². The van der Waals surface area contributed by atoms with Gasteiger partial charge in [0.2, 0.25) is 0 Å². The topological polar surface area (TPSA) is 45.4 Å². The fourth-order valence-electron chi connectivity index (χ4n) is 1.44. The first-order valence-electron chi connectivity index (χ1n) is 5.14. The predicted molar refractivity (Wildman–Crippen MR) is 71.8 cm³/mol. The lowest BCUT2D eigenvalue weighted by atomic mass is 10.1. The molecule has 0 aliphatic carbocycles. The van der Waals surface area contributed by atoms with Crippen LogP contribution in [0.4, 0.5) is 0 Å². The van der Waals surface area contributed by atoms with Gasteiger partial charge < -0.3 is 14.8 Å². The normalized spacial score (nSPS) is 17.1. The largest absolute Gasteiger partial charge is 0.466 e. The van der Waals surface area contributed by atoms with Gasteiger partial charge in [-0.3, -0.25) is 0 Å². The van der Waals surface area contributed by atoms with E-state index in [1.54, 1.807) is 18.0 Å². The van der Waals surface area contributed by atoms with Crippen LogP contribution >= 0.6 is 27.7 Å². The molecule has 0 aliphatic rings. The van der Waals surface area contributed by atoms with Crippen LogP contribution in [0.15, 0.2) is 21.2 Å². The van der Waals surface area contributed by atoms with Crippen molar-refractivity contribution in [1.29, 1.82) is 0 Å². The minimum atomic E-state index is -0.688. The Morgan fingerprint density at radius 1 is 1.69 bits per heavy atom. The number of nitrogens with one attached hydrogen (secondary N) is 1. The van der Waals surface area contributed by atoms with E-state index in [0.29, 0.717) is 12.3 Å². The van der Waals surface area contributed by atoms with Gasteiger partial charge in [0, 0.05) is 12.3 Å². The predicted octanol–water partition coefficient (Wildman–Crippen LogP) is 2.81. The summed E-state index contributed by atoms with van der Waals surface area (Å²) in [5, 5.41) is 13.3. The Labute approximate surface area is 109 Å². The number of aliphatic hydroxyl groups is 1. The molecule has 1 rings (SSSR count). The molecule has 0 bridgehead atoms. The molecule has 2 atom stereocenters. The first-order chi connectivity index (χ1) is 7.46. The molecule has 0 spiro atoms. The average molecular weight is 308 g/mol. The Morgan fingerprint density at radius 2 is 2.38 bits per heavy atom. The Hall–Kier alpha value is 0.0300. The van der Waals surface area contributed by atoms with Crippen molar-refractivity contribution in [2.24, 2.45) is 0 Å². The maximum Gasteiger partial charge on any atom is 0.134 e. The van der Waals surface area contributed by atoms with E-state index in [2.05, 4.69) is 21.2 Å². The van der Waals surface area contributed by atoms with Gasteiger partial charge in [-0.1, -0.05) is 0 Å². The van der Waals surface area contributed by atoms with Crippen molar-refractivity contribution in [2.45, 2.75) is 25.5 Å². The highest BCUT2D eigenvalue weighted by Gasteiger charge is 2.21. The Kier molecular flexibility index (Phi) is 5.37. The lowest BCUT2D eigenvalue weighted by molar-refractivity contribution is 0.0812. The first kappa shape index (κ1) is 14.1. The number of hydrogen-bond acceptors (Lipinski definition) is 4. The van der Waals surface area contributed by atoms with Crippen molar-refractivity contribution < 1.29 is 9.52 Å². The number of furan rings is 1. The third kappa shape index (κ3) is 4.13. The zero-order chi connectivity index (χ0) is 12.2. The monoisotopic (exact) mass is 307 g/mol. The van der Waals surface area contributed by atoms with Gasteiger partial charge in [-0.05, 0) is 42.1 Å². The molecule has 16 heavy (non-hydrogen) atoms. The second-order valence-electron chi connectivity index (χ2n) is 4.17. The molecule has 2 N–H and O–H groups in total. The van der Waals surface area contributed by atoms with E-state index in [1.165, 1.54) is 0 Å². The summed E-state index contributed by atoms with van der Waals surface area (Å²) in [5.41, 5.74) is -0.688. The van der Waals surface area contributed by atoms with Gasteiger partial charge in [-0.2, -0.15) is 11.8 Å².